The first-order chi connectivity index (χ1) is 10.2. The number of hydrogen-bond acceptors (Lipinski definition) is 10. The van der Waals surface area contributed by atoms with Crippen LogP contribution >= 0.6 is 0 Å². The standard InChI is InChI=1S/C9H18N2O9S4/c1-21(13,14)8(22(2,15)16)5-6(7(10)12)9(11-8,23(3,17)18)24(4,19)20/h6,11H,5H2,1-4H3,(H2,10,12). The van der Waals surface area contributed by atoms with Crippen molar-refractivity contribution in [2.45, 2.75) is 14.8 Å². The molecule has 15 heteroatoms. The van der Waals surface area contributed by atoms with Crippen LogP contribution in [0.4, 0.5) is 0 Å². The van der Waals surface area contributed by atoms with Crippen molar-refractivity contribution < 1.29 is 38.5 Å². The third kappa shape index (κ3) is 2.75. The molecule has 1 aliphatic rings. The van der Waals surface area contributed by atoms with Gasteiger partial charge in [-0.1, -0.05) is 0 Å². The first kappa shape index (κ1) is 21.3. The van der Waals surface area contributed by atoms with Gasteiger partial charge in [-0.15, -0.1) is 0 Å². The Morgan fingerprint density at radius 1 is 0.833 bits per heavy atom. The van der Waals surface area contributed by atoms with Crippen molar-refractivity contribution in [1.82, 2.24) is 5.32 Å². The van der Waals surface area contributed by atoms with Gasteiger partial charge in [0.15, 0.2) is 39.3 Å². The maximum atomic E-state index is 12.2. The van der Waals surface area contributed by atoms with Gasteiger partial charge in [-0.3, -0.25) is 10.1 Å². The molecule has 142 valence electrons. The molecule has 0 saturated carbocycles. The highest BCUT2D eigenvalue weighted by atomic mass is 32.3. The van der Waals surface area contributed by atoms with Crippen LogP contribution in [0.25, 0.3) is 0 Å². The minimum absolute atomic E-state index is 0.442. The van der Waals surface area contributed by atoms with Gasteiger partial charge in [0.25, 0.3) is 0 Å². The van der Waals surface area contributed by atoms with Crippen molar-refractivity contribution in [3.8, 4) is 0 Å². The van der Waals surface area contributed by atoms with Crippen LogP contribution < -0.4 is 11.1 Å². The maximum absolute atomic E-state index is 12.2. The number of carbonyl (C=O) groups is 1. The lowest BCUT2D eigenvalue weighted by molar-refractivity contribution is -0.121. The number of amides is 1. The van der Waals surface area contributed by atoms with Gasteiger partial charge < -0.3 is 5.73 Å². The van der Waals surface area contributed by atoms with Crippen LogP contribution in [0.3, 0.4) is 0 Å². The molecule has 1 saturated heterocycles. The second kappa shape index (κ2) is 5.36. The van der Waals surface area contributed by atoms with Gasteiger partial charge in [-0.25, -0.2) is 33.7 Å². The second-order valence-electron chi connectivity index (χ2n) is 5.79. The monoisotopic (exact) mass is 426 g/mol. The van der Waals surface area contributed by atoms with Crippen molar-refractivity contribution in [3.63, 3.8) is 0 Å². The maximum Gasteiger partial charge on any atom is 0.236 e. The van der Waals surface area contributed by atoms with Crippen molar-refractivity contribution in [1.29, 1.82) is 0 Å². The van der Waals surface area contributed by atoms with Gasteiger partial charge >= 0.3 is 0 Å². The topological polar surface area (TPSA) is 192 Å². The first-order valence-corrected chi connectivity index (χ1v) is 13.7. The molecule has 1 atom stereocenters. The molecule has 0 radical (unpaired) electrons. The Kier molecular flexibility index (Phi) is 4.75. The van der Waals surface area contributed by atoms with Crippen LogP contribution in [0.5, 0.6) is 0 Å². The van der Waals surface area contributed by atoms with Gasteiger partial charge in [0.1, 0.15) is 0 Å². The summed E-state index contributed by atoms with van der Waals surface area (Å²) in [6.45, 7) is 0. The highest BCUT2D eigenvalue weighted by molar-refractivity contribution is 8.11. The molecule has 0 spiro atoms. The van der Waals surface area contributed by atoms with E-state index in [1.54, 1.807) is 5.32 Å². The zero-order valence-electron chi connectivity index (χ0n) is 13.2. The summed E-state index contributed by atoms with van der Waals surface area (Å²) in [5, 5.41) is 1.76. The van der Waals surface area contributed by atoms with Crippen molar-refractivity contribution in [3.05, 3.63) is 0 Å². The van der Waals surface area contributed by atoms with Gasteiger partial charge in [0.2, 0.25) is 14.3 Å². The largest absolute Gasteiger partial charge is 0.369 e. The summed E-state index contributed by atoms with van der Waals surface area (Å²) in [6.07, 6.45) is 0.703. The fourth-order valence-electron chi connectivity index (χ4n) is 2.83. The third-order valence-electron chi connectivity index (χ3n) is 3.94. The molecule has 0 aliphatic carbocycles. The minimum atomic E-state index is -4.74. The molecular formula is C9H18N2O9S4. The normalized spacial score (nSPS) is 24.6. The zero-order chi connectivity index (χ0) is 19.6. The summed E-state index contributed by atoms with van der Waals surface area (Å²) in [7, 11) is -18.7. The molecule has 3 N–H and O–H groups in total. The van der Waals surface area contributed by atoms with Crippen molar-refractivity contribution >= 4 is 45.3 Å². The Labute approximate surface area is 140 Å². The lowest BCUT2D eigenvalue weighted by atomic mass is 10.1. The van der Waals surface area contributed by atoms with Crippen LogP contribution in [0.15, 0.2) is 0 Å². The molecule has 0 aromatic heterocycles. The lowest BCUT2D eigenvalue weighted by Crippen LogP contribution is -2.65. The number of nitrogens with two attached hydrogens (primary N) is 1. The summed E-state index contributed by atoms with van der Waals surface area (Å²) in [6, 6.07) is 0. The Balaban J connectivity index is 4.13. The van der Waals surface area contributed by atoms with Gasteiger partial charge in [-0.05, 0) is 0 Å². The SMILES string of the molecule is CS(=O)(=O)C1(S(C)(=O)=O)CC(C(N)=O)C(S(C)(=O)=O)(S(C)(=O)=O)N1. The number of sulfone groups is 4. The molecule has 1 heterocycles. The van der Waals surface area contributed by atoms with Crippen LogP contribution in [-0.4, -0.2) is 73.0 Å². The van der Waals surface area contributed by atoms with E-state index in [2.05, 4.69) is 0 Å². The van der Waals surface area contributed by atoms with Crippen molar-refractivity contribution in [2.75, 3.05) is 25.0 Å². The molecule has 1 rings (SSSR count). The number of nitrogens with one attached hydrogen (secondary N) is 1. The van der Waals surface area contributed by atoms with E-state index in [-0.39, 0.29) is 0 Å². The first-order valence-electron chi connectivity index (χ1n) is 6.11. The lowest BCUT2D eigenvalue weighted by Gasteiger charge is -2.32. The molecular weight excluding hydrogens is 408 g/mol. The molecule has 24 heavy (non-hydrogen) atoms. The molecule has 1 aliphatic heterocycles. The summed E-state index contributed by atoms with van der Waals surface area (Å²) in [5.74, 6) is -3.60. The number of rotatable bonds is 5. The number of hydrogen-bond donors (Lipinski definition) is 2. The van der Waals surface area contributed by atoms with E-state index < -0.39 is 66.0 Å². The molecule has 0 aromatic carbocycles. The van der Waals surface area contributed by atoms with E-state index in [9.17, 15) is 38.5 Å². The van der Waals surface area contributed by atoms with E-state index in [0.29, 0.717) is 25.0 Å². The van der Waals surface area contributed by atoms with E-state index in [4.69, 9.17) is 5.73 Å². The smallest absolute Gasteiger partial charge is 0.236 e. The predicted molar refractivity (Wildman–Crippen MR) is 85.3 cm³/mol. The highest BCUT2D eigenvalue weighted by Gasteiger charge is 2.73. The van der Waals surface area contributed by atoms with Gasteiger partial charge in [-0.2, -0.15) is 0 Å². The Bertz CT molecular complexity index is 925. The fourth-order valence-corrected chi connectivity index (χ4v) is 11.3. The third-order valence-corrected chi connectivity index (χ3v) is 13.5. The average molecular weight is 427 g/mol. The van der Waals surface area contributed by atoms with Crippen LogP contribution in [0.2, 0.25) is 0 Å². The predicted octanol–water partition coefficient (Wildman–Crippen LogP) is -3.43. The highest BCUT2D eigenvalue weighted by Crippen LogP contribution is 2.47. The minimum Gasteiger partial charge on any atom is -0.369 e. The molecule has 1 amide bonds. The molecule has 1 fully saturated rings. The molecule has 11 nitrogen and oxygen atoms in total. The quantitative estimate of drug-likeness (QED) is 0.447. The molecule has 0 bridgehead atoms. The van der Waals surface area contributed by atoms with Crippen LogP contribution in [-0.2, 0) is 44.1 Å². The fraction of sp³-hybridized carbons (Fsp3) is 0.889. The van der Waals surface area contributed by atoms with Crippen molar-refractivity contribution in [2.24, 2.45) is 11.7 Å². The zero-order valence-corrected chi connectivity index (χ0v) is 16.4. The van der Waals surface area contributed by atoms with E-state index in [1.807, 2.05) is 0 Å². The van der Waals surface area contributed by atoms with Gasteiger partial charge in [0, 0.05) is 31.4 Å². The van der Waals surface area contributed by atoms with Gasteiger partial charge in [0.05, 0.1) is 5.92 Å². The number of primary amides is 1. The summed E-state index contributed by atoms with van der Waals surface area (Å²) < 4.78 is 91.2. The number of carbonyl (C=O) groups excluding carboxylic acids is 1. The van der Waals surface area contributed by atoms with Crippen LogP contribution in [0.1, 0.15) is 6.42 Å². The average Bonchev–Trinajstić information content (AvgIpc) is 2.63. The Morgan fingerprint density at radius 2 is 1.17 bits per heavy atom. The summed E-state index contributed by atoms with van der Waals surface area (Å²) in [5.41, 5.74) is 5.08. The summed E-state index contributed by atoms with van der Waals surface area (Å²) in [4.78, 5) is 11.7. The van der Waals surface area contributed by atoms with Crippen LogP contribution in [0, 0.1) is 5.92 Å². The second-order valence-corrected chi connectivity index (χ2v) is 15.2. The van der Waals surface area contributed by atoms with E-state index in [0.717, 1.165) is 0 Å². The Morgan fingerprint density at radius 3 is 1.33 bits per heavy atom. The molecule has 0 aromatic rings. The Hall–Kier alpha value is -0.770. The molecule has 1 unspecified atom stereocenters. The van der Waals surface area contributed by atoms with E-state index >= 15 is 0 Å². The van der Waals surface area contributed by atoms with E-state index in [1.165, 1.54) is 0 Å². The summed E-state index contributed by atoms with van der Waals surface area (Å²) >= 11 is 0.